The second-order valence-electron chi connectivity index (χ2n) is 16.3. The molecule has 5 aromatic rings. The first-order chi connectivity index (χ1) is 31.6. The van der Waals surface area contributed by atoms with E-state index in [0.29, 0.717) is 33.6 Å². The zero-order valence-electron chi connectivity index (χ0n) is 34.9. The number of anilines is 1. The summed E-state index contributed by atoms with van der Waals surface area (Å²) in [6.45, 7) is -0.738. The van der Waals surface area contributed by atoms with Crippen LogP contribution in [0.15, 0.2) is 139 Å². The molecule has 0 saturated carbocycles. The summed E-state index contributed by atoms with van der Waals surface area (Å²) in [5.41, 5.74) is 1.27. The first-order valence-electron chi connectivity index (χ1n) is 21.4. The third-order valence-corrected chi connectivity index (χ3v) is 12.6. The van der Waals surface area contributed by atoms with Crippen molar-refractivity contribution in [3.63, 3.8) is 0 Å². The summed E-state index contributed by atoms with van der Waals surface area (Å²) >= 11 is 0. The number of hydrogen-bond donors (Lipinski definition) is 2. The van der Waals surface area contributed by atoms with E-state index >= 15 is 4.79 Å². The van der Waals surface area contributed by atoms with Crippen molar-refractivity contribution in [1.82, 2.24) is 4.90 Å². The van der Waals surface area contributed by atoms with E-state index < -0.39 is 64.4 Å². The largest absolute Gasteiger partial charge is 0.491 e. The van der Waals surface area contributed by atoms with E-state index in [1.54, 1.807) is 47.4 Å². The molecule has 65 heavy (non-hydrogen) atoms. The number of carboxylic acid groups (broad SMARTS) is 1. The summed E-state index contributed by atoms with van der Waals surface area (Å²) in [6.07, 6.45) is 3.72. The number of nitro groups is 1. The minimum Gasteiger partial charge on any atom is -0.491 e. The number of aliphatic hydroxyl groups is 1. The second-order valence-corrected chi connectivity index (χ2v) is 16.3. The Bertz CT molecular complexity index is 2770. The second kappa shape index (κ2) is 17.9. The van der Waals surface area contributed by atoms with Gasteiger partial charge in [-0.3, -0.25) is 29.4 Å². The van der Waals surface area contributed by atoms with Crippen molar-refractivity contribution in [1.29, 1.82) is 0 Å². The average Bonchev–Trinajstić information content (AvgIpc) is 3.79. The number of ether oxygens (including phenoxy) is 3. The Kier molecular flexibility index (Phi) is 11.7. The molecule has 9 rings (SSSR count). The van der Waals surface area contributed by atoms with Crippen LogP contribution >= 0.6 is 0 Å². The normalized spacial score (nSPS) is 23.4. The van der Waals surface area contributed by atoms with Crippen molar-refractivity contribution >= 4 is 35.3 Å². The van der Waals surface area contributed by atoms with Crippen LogP contribution in [0.5, 0.6) is 5.75 Å². The number of carbonyl (C=O) groups excluding carboxylic acids is 3. The number of benzene rings is 5. The van der Waals surface area contributed by atoms with Gasteiger partial charge in [-0.2, -0.15) is 0 Å². The highest BCUT2D eigenvalue weighted by Crippen LogP contribution is 2.66. The zero-order chi connectivity index (χ0) is 45.2. The summed E-state index contributed by atoms with van der Waals surface area (Å²) in [5.74, 6) is 1.63. The molecule has 5 aromatic carbocycles. The zero-order valence-corrected chi connectivity index (χ0v) is 34.9. The number of nitrogens with zero attached hydrogens (tertiary/aromatic N) is 3. The number of amides is 2. The molecule has 0 bridgehead atoms. The summed E-state index contributed by atoms with van der Waals surface area (Å²) in [6, 6.07) is 31.5. The van der Waals surface area contributed by atoms with Gasteiger partial charge in [0.1, 0.15) is 42.4 Å². The molecule has 14 nitrogen and oxygen atoms in total. The number of aliphatic carboxylic acids is 1. The van der Waals surface area contributed by atoms with Gasteiger partial charge in [-0.25, -0.2) is 9.69 Å². The summed E-state index contributed by atoms with van der Waals surface area (Å²) in [5, 5.41) is 32.7. The third kappa shape index (κ3) is 7.68. The maximum Gasteiger partial charge on any atom is 0.421 e. The first kappa shape index (κ1) is 42.7. The number of cyclic esters (lactones) is 1. The number of nitro benzene ring substituents is 1. The van der Waals surface area contributed by atoms with Gasteiger partial charge >= 0.3 is 18.0 Å². The number of non-ortho nitro benzene ring substituents is 1. The maximum absolute atomic E-state index is 16.1. The van der Waals surface area contributed by atoms with Crippen LogP contribution in [-0.4, -0.2) is 63.2 Å². The number of hydrogen-bond acceptors (Lipinski definition) is 11. The molecule has 2 fully saturated rings. The highest BCUT2D eigenvalue weighted by atomic mass is 16.6. The fourth-order valence-electron chi connectivity index (χ4n) is 9.91. The SMILES string of the molecule is O=C1O[C@@H](c2ccccc2)[C@@H](c2ccccc2)N2[C@@H](c3cccc(OCCO)c3)[C@]3(C(=O)N(C(=O)OCc4ccc([N+](=O)[O-])cc4)c4ccc(C#CC5=CCCCC5)cc43)[C@@H](C(=O)O)[C@H]12. The van der Waals surface area contributed by atoms with Gasteiger partial charge in [-0.05, 0) is 102 Å². The Morgan fingerprint density at radius 1 is 0.846 bits per heavy atom. The van der Waals surface area contributed by atoms with Gasteiger partial charge in [0.15, 0.2) is 0 Å². The lowest BCUT2D eigenvalue weighted by Gasteiger charge is -2.46. The summed E-state index contributed by atoms with van der Waals surface area (Å²) in [4.78, 5) is 73.2. The van der Waals surface area contributed by atoms with Crippen molar-refractivity contribution in [2.45, 2.75) is 61.9 Å². The van der Waals surface area contributed by atoms with Crippen molar-refractivity contribution in [2.75, 3.05) is 18.1 Å². The van der Waals surface area contributed by atoms with Gasteiger partial charge in [-0.1, -0.05) is 90.7 Å². The standard InChI is InChI=1S/C51H43N3O11/c55-27-28-63-39-18-10-17-37(30-39)46-51(42(47(56)57)44-48(58)65-45(36-15-8-3-9-16-36)43(53(44)46)35-13-6-2-7-14-35)40-29-33(20-19-32-11-4-1-5-12-32)23-26-41(40)52(49(51)59)50(60)64-31-34-21-24-38(25-22-34)54(61)62/h2-3,6-11,13-18,21-26,29-30,42-46,55H,1,4-5,12,27-28,31H2,(H,56,57)/t42-,43-,44-,45+,46+,51-/m1/s1. The highest BCUT2D eigenvalue weighted by molar-refractivity contribution is 6.23. The molecule has 14 heteroatoms. The quantitative estimate of drug-likeness (QED) is 0.0599. The Hall–Kier alpha value is -7.60. The molecule has 3 heterocycles. The monoisotopic (exact) mass is 873 g/mol. The lowest BCUT2D eigenvalue weighted by Crippen LogP contribution is -2.53. The fourth-order valence-corrected chi connectivity index (χ4v) is 9.91. The molecule has 2 N–H and O–H groups in total. The van der Waals surface area contributed by atoms with E-state index in [1.165, 1.54) is 24.3 Å². The molecule has 1 spiro atoms. The Morgan fingerprint density at radius 2 is 1.57 bits per heavy atom. The van der Waals surface area contributed by atoms with Crippen LogP contribution < -0.4 is 9.64 Å². The predicted molar refractivity (Wildman–Crippen MR) is 235 cm³/mol. The van der Waals surface area contributed by atoms with E-state index in [4.69, 9.17) is 14.2 Å². The number of carboxylic acids is 1. The maximum atomic E-state index is 16.1. The number of aliphatic hydroxyl groups excluding tert-OH is 1. The molecule has 0 aromatic heterocycles. The molecule has 4 aliphatic rings. The predicted octanol–water partition coefficient (Wildman–Crippen LogP) is 7.90. The van der Waals surface area contributed by atoms with Gasteiger partial charge in [0.05, 0.1) is 29.3 Å². The average molecular weight is 874 g/mol. The molecule has 2 amide bonds. The van der Waals surface area contributed by atoms with E-state index in [-0.39, 0.29) is 36.8 Å². The number of rotatable bonds is 10. The van der Waals surface area contributed by atoms with Gasteiger partial charge in [0.2, 0.25) is 5.91 Å². The highest BCUT2D eigenvalue weighted by Gasteiger charge is 2.76. The molecule has 2 saturated heterocycles. The number of fused-ring (bicyclic) bond motifs is 3. The third-order valence-electron chi connectivity index (χ3n) is 12.6. The van der Waals surface area contributed by atoms with Crippen LogP contribution in [0.3, 0.4) is 0 Å². The minimum atomic E-state index is -2.23. The van der Waals surface area contributed by atoms with E-state index in [0.717, 1.165) is 36.2 Å². The molecular formula is C51H43N3O11. The van der Waals surface area contributed by atoms with Crippen molar-refractivity contribution in [3.05, 3.63) is 183 Å². The summed E-state index contributed by atoms with van der Waals surface area (Å²) in [7, 11) is 0. The van der Waals surface area contributed by atoms with Crippen molar-refractivity contribution in [2.24, 2.45) is 5.92 Å². The summed E-state index contributed by atoms with van der Waals surface area (Å²) < 4.78 is 18.0. The molecule has 3 aliphatic heterocycles. The van der Waals surface area contributed by atoms with Crippen LogP contribution in [0, 0.1) is 27.9 Å². The lowest BCUT2D eigenvalue weighted by molar-refractivity contribution is -0.384. The van der Waals surface area contributed by atoms with Crippen LogP contribution in [0.2, 0.25) is 0 Å². The van der Waals surface area contributed by atoms with E-state index in [2.05, 4.69) is 17.9 Å². The molecule has 6 atom stereocenters. The molecule has 0 radical (unpaired) electrons. The fraction of sp³-hybridized carbons (Fsp3) is 0.255. The molecule has 0 unspecified atom stereocenters. The first-order valence-corrected chi connectivity index (χ1v) is 21.4. The van der Waals surface area contributed by atoms with E-state index in [1.807, 2.05) is 60.7 Å². The number of morpholine rings is 1. The van der Waals surface area contributed by atoms with Gasteiger partial charge < -0.3 is 24.4 Å². The minimum absolute atomic E-state index is 0.0409. The van der Waals surface area contributed by atoms with Gasteiger partial charge in [-0.15, -0.1) is 0 Å². The Labute approximate surface area is 373 Å². The van der Waals surface area contributed by atoms with Crippen LogP contribution in [0.25, 0.3) is 0 Å². The molecular weight excluding hydrogens is 831 g/mol. The number of allylic oxidation sites excluding steroid dienone is 2. The number of imide groups is 1. The van der Waals surface area contributed by atoms with Crippen LogP contribution in [-0.2, 0) is 35.9 Å². The number of carbonyl (C=O) groups is 4. The smallest absolute Gasteiger partial charge is 0.421 e. The van der Waals surface area contributed by atoms with Crippen molar-refractivity contribution < 1.29 is 48.5 Å². The Morgan fingerprint density at radius 3 is 2.25 bits per heavy atom. The molecule has 328 valence electrons. The van der Waals surface area contributed by atoms with E-state index in [9.17, 15) is 34.7 Å². The van der Waals surface area contributed by atoms with Crippen LogP contribution in [0.4, 0.5) is 16.2 Å². The lowest BCUT2D eigenvalue weighted by atomic mass is 9.65. The number of esters is 1. The van der Waals surface area contributed by atoms with Gasteiger partial charge in [0, 0.05) is 17.7 Å². The molecule has 1 aliphatic carbocycles. The van der Waals surface area contributed by atoms with Gasteiger partial charge in [0.25, 0.3) is 5.69 Å². The Balaban J connectivity index is 1.29. The van der Waals surface area contributed by atoms with Crippen molar-refractivity contribution in [3.8, 4) is 17.6 Å². The van der Waals surface area contributed by atoms with Crippen LogP contribution in [0.1, 0.15) is 77.3 Å². The topological polar surface area (TPSA) is 186 Å².